The third-order valence-corrected chi connectivity index (χ3v) is 6.63. The van der Waals surface area contributed by atoms with Crippen molar-refractivity contribution in [3.8, 4) is 5.75 Å². The number of aliphatic hydroxyl groups is 1. The van der Waals surface area contributed by atoms with Gasteiger partial charge in [0.05, 0.1) is 6.10 Å². The predicted octanol–water partition coefficient (Wildman–Crippen LogP) is 3.01. The molecule has 1 N–H and O–H groups in total. The molecule has 0 spiro atoms. The van der Waals surface area contributed by atoms with Gasteiger partial charge in [0.25, 0.3) is 5.56 Å². The van der Waals surface area contributed by atoms with Crippen molar-refractivity contribution in [3.63, 3.8) is 0 Å². The smallest absolute Gasteiger partial charge is 0.332 e. The third-order valence-electron chi connectivity index (χ3n) is 5.51. The van der Waals surface area contributed by atoms with Crippen molar-refractivity contribution >= 4 is 33.6 Å². The van der Waals surface area contributed by atoms with E-state index in [0.29, 0.717) is 16.6 Å². The van der Waals surface area contributed by atoms with Crippen molar-refractivity contribution < 1.29 is 9.84 Å². The van der Waals surface area contributed by atoms with Crippen molar-refractivity contribution in [2.45, 2.75) is 37.3 Å². The van der Waals surface area contributed by atoms with Crippen LogP contribution >= 0.6 is 11.8 Å². The molecule has 2 heterocycles. The molecule has 4 aromatic rings. The molecule has 0 saturated carbocycles. The molecule has 4 rings (SSSR count). The Morgan fingerprint density at radius 1 is 1.03 bits per heavy atom. The summed E-state index contributed by atoms with van der Waals surface area (Å²) < 4.78 is 8.21. The van der Waals surface area contributed by atoms with Crippen LogP contribution in [0.3, 0.4) is 0 Å². The molecular formula is C25H28N4O4S. The van der Waals surface area contributed by atoms with Crippen molar-refractivity contribution in [2.75, 3.05) is 12.4 Å². The van der Waals surface area contributed by atoms with Crippen LogP contribution in [-0.2, 0) is 19.5 Å². The summed E-state index contributed by atoms with van der Waals surface area (Å²) in [5.41, 5.74) is -1.01. The molecule has 8 nitrogen and oxygen atoms in total. The molecule has 0 amide bonds. The van der Waals surface area contributed by atoms with Crippen molar-refractivity contribution in [3.05, 3.63) is 69.1 Å². The van der Waals surface area contributed by atoms with Gasteiger partial charge in [-0.15, -0.1) is 11.8 Å². The van der Waals surface area contributed by atoms with Crippen LogP contribution in [0.4, 0.5) is 0 Å². The molecule has 0 aliphatic carbocycles. The minimum absolute atomic E-state index is 0.0942. The Morgan fingerprint density at radius 3 is 2.44 bits per heavy atom. The fraction of sp³-hybridized carbons (Fsp3) is 0.360. The minimum Gasteiger partial charge on any atom is -0.491 e. The number of fused-ring (bicyclic) bond motifs is 2. The standard InChI is InChI=1S/C25H28N4O4S/c1-25(2,3)23-26-20-19(22(31)29(5)24(32)28(20)4)21(27-23)34-14-17(30)13-33-18-11-10-15-8-6-7-9-16(15)12-18/h6-12,17,30H,13-14H2,1-5H3. The number of nitrogens with zero attached hydrogens (tertiary/aromatic N) is 4. The Kier molecular flexibility index (Phi) is 6.51. The van der Waals surface area contributed by atoms with Gasteiger partial charge in [0.2, 0.25) is 0 Å². The van der Waals surface area contributed by atoms with E-state index in [1.807, 2.05) is 63.2 Å². The number of rotatable bonds is 6. The third kappa shape index (κ3) is 4.71. The number of hydrogen-bond acceptors (Lipinski definition) is 7. The van der Waals surface area contributed by atoms with Crippen molar-refractivity contribution in [2.24, 2.45) is 14.1 Å². The molecule has 0 bridgehead atoms. The molecule has 2 aromatic heterocycles. The van der Waals surface area contributed by atoms with Gasteiger partial charge in [0, 0.05) is 25.3 Å². The number of ether oxygens (including phenoxy) is 1. The van der Waals surface area contributed by atoms with E-state index in [0.717, 1.165) is 15.3 Å². The van der Waals surface area contributed by atoms with Crippen LogP contribution in [0.2, 0.25) is 0 Å². The maximum atomic E-state index is 12.9. The first-order valence-corrected chi connectivity index (χ1v) is 12.0. The summed E-state index contributed by atoms with van der Waals surface area (Å²) in [5.74, 6) is 1.46. The van der Waals surface area contributed by atoms with E-state index in [1.165, 1.54) is 23.4 Å². The SMILES string of the molecule is Cn1c(=O)c2c(SCC(O)COc3ccc4ccccc4c3)nc(C(C)(C)C)nc2n(C)c1=O. The van der Waals surface area contributed by atoms with Crippen molar-refractivity contribution in [1.29, 1.82) is 0 Å². The minimum atomic E-state index is -0.795. The van der Waals surface area contributed by atoms with E-state index in [2.05, 4.69) is 9.97 Å². The Hall–Kier alpha value is -3.17. The van der Waals surface area contributed by atoms with Gasteiger partial charge in [-0.2, -0.15) is 0 Å². The zero-order valence-corrected chi connectivity index (χ0v) is 20.7. The van der Waals surface area contributed by atoms with Crippen LogP contribution in [0.1, 0.15) is 26.6 Å². The molecule has 1 unspecified atom stereocenters. The Labute approximate surface area is 201 Å². The molecule has 2 aromatic carbocycles. The fourth-order valence-electron chi connectivity index (χ4n) is 3.54. The molecule has 34 heavy (non-hydrogen) atoms. The zero-order valence-electron chi connectivity index (χ0n) is 19.9. The van der Waals surface area contributed by atoms with Gasteiger partial charge in [-0.1, -0.05) is 51.1 Å². The molecule has 1 atom stereocenters. The average Bonchev–Trinajstić information content (AvgIpc) is 2.82. The predicted molar refractivity (Wildman–Crippen MR) is 135 cm³/mol. The van der Waals surface area contributed by atoms with Crippen molar-refractivity contribution in [1.82, 2.24) is 19.1 Å². The normalized spacial score (nSPS) is 12.9. The monoisotopic (exact) mass is 480 g/mol. The highest BCUT2D eigenvalue weighted by molar-refractivity contribution is 7.99. The number of benzene rings is 2. The highest BCUT2D eigenvalue weighted by Gasteiger charge is 2.24. The summed E-state index contributed by atoms with van der Waals surface area (Å²) in [4.78, 5) is 34.5. The number of hydrogen-bond donors (Lipinski definition) is 1. The van der Waals surface area contributed by atoms with Gasteiger partial charge >= 0.3 is 5.69 Å². The molecule has 0 aliphatic rings. The average molecular weight is 481 g/mol. The second-order valence-electron chi connectivity index (χ2n) is 9.29. The summed E-state index contributed by atoms with van der Waals surface area (Å²) in [6.45, 7) is 5.99. The van der Waals surface area contributed by atoms with Crippen LogP contribution in [0.5, 0.6) is 5.75 Å². The van der Waals surface area contributed by atoms with E-state index in [9.17, 15) is 14.7 Å². The van der Waals surface area contributed by atoms with E-state index >= 15 is 0 Å². The summed E-state index contributed by atoms with van der Waals surface area (Å²) in [6, 6.07) is 13.8. The molecular weight excluding hydrogens is 452 g/mol. The van der Waals surface area contributed by atoms with Crippen LogP contribution in [0.15, 0.2) is 57.1 Å². The van der Waals surface area contributed by atoms with Gasteiger partial charge in [-0.05, 0) is 22.9 Å². The maximum absolute atomic E-state index is 12.9. The van der Waals surface area contributed by atoms with Gasteiger partial charge in [-0.3, -0.25) is 13.9 Å². The fourth-order valence-corrected chi connectivity index (χ4v) is 4.46. The highest BCUT2D eigenvalue weighted by Crippen LogP contribution is 2.27. The van der Waals surface area contributed by atoms with Crippen LogP contribution < -0.4 is 16.0 Å². The largest absolute Gasteiger partial charge is 0.491 e. The lowest BCUT2D eigenvalue weighted by Gasteiger charge is -2.20. The van der Waals surface area contributed by atoms with Crippen LogP contribution in [0, 0.1) is 0 Å². The second-order valence-corrected chi connectivity index (χ2v) is 10.3. The van der Waals surface area contributed by atoms with E-state index < -0.39 is 22.8 Å². The second kappa shape index (κ2) is 9.23. The van der Waals surface area contributed by atoms with Gasteiger partial charge in [-0.25, -0.2) is 14.8 Å². The molecule has 0 aliphatic heterocycles. The van der Waals surface area contributed by atoms with E-state index in [-0.39, 0.29) is 23.4 Å². The molecule has 0 saturated heterocycles. The Balaban J connectivity index is 1.58. The Bertz CT molecular complexity index is 1490. The number of aryl methyl sites for hydroxylation is 1. The summed E-state index contributed by atoms with van der Waals surface area (Å²) in [7, 11) is 3.02. The molecule has 178 valence electrons. The van der Waals surface area contributed by atoms with Crippen LogP contribution in [-0.4, -0.2) is 42.7 Å². The number of aromatic nitrogens is 4. The quantitative estimate of drug-likeness (QED) is 0.335. The lowest BCUT2D eigenvalue weighted by atomic mass is 9.96. The topological polar surface area (TPSA) is 99.2 Å². The van der Waals surface area contributed by atoms with Crippen LogP contribution in [0.25, 0.3) is 21.8 Å². The lowest BCUT2D eigenvalue weighted by Crippen LogP contribution is -2.38. The molecule has 9 heteroatoms. The molecule has 0 radical (unpaired) electrons. The summed E-state index contributed by atoms with van der Waals surface area (Å²) in [6.07, 6.45) is -0.795. The van der Waals surface area contributed by atoms with Gasteiger partial charge in [0.1, 0.15) is 28.6 Å². The maximum Gasteiger partial charge on any atom is 0.332 e. The first-order chi connectivity index (χ1) is 16.1. The van der Waals surface area contributed by atoms with Gasteiger partial charge in [0.15, 0.2) is 5.65 Å². The highest BCUT2D eigenvalue weighted by atomic mass is 32.2. The van der Waals surface area contributed by atoms with E-state index in [4.69, 9.17) is 4.74 Å². The first kappa shape index (κ1) is 24.0. The van der Waals surface area contributed by atoms with Gasteiger partial charge < -0.3 is 9.84 Å². The molecule has 0 fully saturated rings. The lowest BCUT2D eigenvalue weighted by molar-refractivity contribution is 0.126. The Morgan fingerprint density at radius 2 is 1.74 bits per heavy atom. The van der Waals surface area contributed by atoms with E-state index in [1.54, 1.807) is 7.05 Å². The summed E-state index contributed by atoms with van der Waals surface area (Å²) in [5, 5.41) is 13.5. The first-order valence-electron chi connectivity index (χ1n) is 11.0. The number of aliphatic hydroxyl groups excluding tert-OH is 1. The summed E-state index contributed by atoms with van der Waals surface area (Å²) >= 11 is 1.25. The zero-order chi connectivity index (χ0) is 24.6. The number of thioether (sulfide) groups is 1.